The van der Waals surface area contributed by atoms with Crippen LogP contribution in [0.5, 0.6) is 0 Å². The van der Waals surface area contributed by atoms with Gasteiger partial charge in [0.25, 0.3) is 0 Å². The van der Waals surface area contributed by atoms with Crippen LogP contribution >= 0.6 is 0 Å². The zero-order valence-corrected chi connectivity index (χ0v) is 6.81. The lowest BCUT2D eigenvalue weighted by atomic mass is 10.1. The molecule has 2 rings (SSSR count). The Morgan fingerprint density at radius 2 is 2.18 bits per heavy atom. The van der Waals surface area contributed by atoms with E-state index < -0.39 is 0 Å². The molecule has 0 aromatic heterocycles. The third kappa shape index (κ3) is 1.92. The number of ether oxygens (including phenoxy) is 1. The molecule has 64 valence electrons. The Balaban J connectivity index is 1.67. The van der Waals surface area contributed by atoms with Crippen molar-refractivity contribution in [1.82, 2.24) is 10.6 Å². The minimum absolute atomic E-state index is 0.639. The average Bonchev–Trinajstić information content (AvgIpc) is 1.99. The van der Waals surface area contributed by atoms with Gasteiger partial charge in [0.2, 0.25) is 0 Å². The van der Waals surface area contributed by atoms with Crippen LogP contribution in [0.1, 0.15) is 12.8 Å². The molecule has 2 aliphatic heterocycles. The summed E-state index contributed by atoms with van der Waals surface area (Å²) in [6, 6.07) is 1.33. The molecular weight excluding hydrogens is 140 g/mol. The highest BCUT2D eigenvalue weighted by molar-refractivity contribution is 4.82. The molecular formula is C8H16N2O. The topological polar surface area (TPSA) is 33.3 Å². The van der Waals surface area contributed by atoms with E-state index in [1.807, 2.05) is 0 Å². The van der Waals surface area contributed by atoms with Crippen molar-refractivity contribution < 1.29 is 4.74 Å². The summed E-state index contributed by atoms with van der Waals surface area (Å²) in [5.74, 6) is 0. The first kappa shape index (κ1) is 7.53. The number of rotatable bonds is 2. The highest BCUT2D eigenvalue weighted by atomic mass is 16.5. The van der Waals surface area contributed by atoms with Crippen LogP contribution in [-0.4, -0.2) is 38.4 Å². The van der Waals surface area contributed by atoms with Crippen LogP contribution in [0.3, 0.4) is 0 Å². The molecule has 2 saturated heterocycles. The lowest BCUT2D eigenvalue weighted by Crippen LogP contribution is -2.54. The lowest BCUT2D eigenvalue weighted by molar-refractivity contribution is -0.0111. The summed E-state index contributed by atoms with van der Waals surface area (Å²) in [4.78, 5) is 0. The molecule has 2 heterocycles. The van der Waals surface area contributed by atoms with Gasteiger partial charge in [-0.2, -0.15) is 0 Å². The van der Waals surface area contributed by atoms with Gasteiger partial charge in [0.05, 0.1) is 19.3 Å². The Hall–Kier alpha value is -0.120. The van der Waals surface area contributed by atoms with E-state index in [0.717, 1.165) is 19.8 Å². The van der Waals surface area contributed by atoms with Gasteiger partial charge in [0.15, 0.2) is 0 Å². The molecule has 0 saturated carbocycles. The van der Waals surface area contributed by atoms with Gasteiger partial charge in [-0.05, 0) is 19.4 Å². The van der Waals surface area contributed by atoms with Gasteiger partial charge < -0.3 is 15.4 Å². The van der Waals surface area contributed by atoms with Crippen molar-refractivity contribution >= 4 is 0 Å². The second kappa shape index (κ2) is 3.52. The average molecular weight is 156 g/mol. The molecule has 0 amide bonds. The van der Waals surface area contributed by atoms with Crippen molar-refractivity contribution in [2.45, 2.75) is 24.9 Å². The van der Waals surface area contributed by atoms with E-state index in [9.17, 15) is 0 Å². The van der Waals surface area contributed by atoms with Crippen LogP contribution < -0.4 is 10.6 Å². The van der Waals surface area contributed by atoms with Crippen LogP contribution in [-0.2, 0) is 4.74 Å². The van der Waals surface area contributed by atoms with Crippen molar-refractivity contribution in [3.63, 3.8) is 0 Å². The monoisotopic (exact) mass is 156 g/mol. The molecule has 0 aliphatic carbocycles. The van der Waals surface area contributed by atoms with Gasteiger partial charge in [-0.3, -0.25) is 0 Å². The van der Waals surface area contributed by atoms with E-state index in [1.54, 1.807) is 0 Å². The SMILES string of the molecule is C1CNC[C@@H](NC2COC2)C1. The summed E-state index contributed by atoms with van der Waals surface area (Å²) < 4.78 is 5.09. The number of hydrogen-bond acceptors (Lipinski definition) is 3. The Morgan fingerprint density at radius 3 is 2.73 bits per heavy atom. The molecule has 3 nitrogen and oxygen atoms in total. The number of nitrogens with one attached hydrogen (secondary N) is 2. The number of hydrogen-bond donors (Lipinski definition) is 2. The van der Waals surface area contributed by atoms with Gasteiger partial charge in [-0.1, -0.05) is 0 Å². The van der Waals surface area contributed by atoms with Crippen molar-refractivity contribution in [2.24, 2.45) is 0 Å². The summed E-state index contributed by atoms with van der Waals surface area (Å²) in [7, 11) is 0. The maximum absolute atomic E-state index is 5.09. The first-order valence-electron chi connectivity index (χ1n) is 4.49. The quantitative estimate of drug-likeness (QED) is 0.577. The second-order valence-corrected chi connectivity index (χ2v) is 3.44. The molecule has 0 radical (unpaired) electrons. The molecule has 11 heavy (non-hydrogen) atoms. The summed E-state index contributed by atoms with van der Waals surface area (Å²) >= 11 is 0. The van der Waals surface area contributed by atoms with E-state index in [1.165, 1.54) is 19.4 Å². The Bertz CT molecular complexity index is 119. The van der Waals surface area contributed by atoms with E-state index in [2.05, 4.69) is 10.6 Å². The molecule has 0 unspecified atom stereocenters. The standard InChI is InChI=1S/C8H16N2O/c1-2-7(4-9-3-1)10-8-5-11-6-8/h7-10H,1-6H2/t7-/m0/s1. The fourth-order valence-corrected chi connectivity index (χ4v) is 1.66. The fourth-order valence-electron chi connectivity index (χ4n) is 1.66. The summed E-state index contributed by atoms with van der Waals surface area (Å²) in [5, 5.41) is 6.95. The molecule has 2 N–H and O–H groups in total. The van der Waals surface area contributed by atoms with Gasteiger partial charge >= 0.3 is 0 Å². The fraction of sp³-hybridized carbons (Fsp3) is 1.00. The highest BCUT2D eigenvalue weighted by Crippen LogP contribution is 2.06. The largest absolute Gasteiger partial charge is 0.378 e. The molecule has 2 aliphatic rings. The van der Waals surface area contributed by atoms with Crippen LogP contribution in [0.15, 0.2) is 0 Å². The van der Waals surface area contributed by atoms with Crippen LogP contribution in [0.2, 0.25) is 0 Å². The van der Waals surface area contributed by atoms with E-state index in [0.29, 0.717) is 12.1 Å². The second-order valence-electron chi connectivity index (χ2n) is 3.44. The first-order chi connectivity index (χ1) is 5.45. The molecule has 0 aromatic rings. The predicted octanol–water partition coefficient (Wildman–Crippen LogP) is -0.273. The van der Waals surface area contributed by atoms with Gasteiger partial charge in [0, 0.05) is 12.6 Å². The lowest BCUT2D eigenvalue weighted by Gasteiger charge is -2.33. The minimum atomic E-state index is 0.639. The van der Waals surface area contributed by atoms with Crippen molar-refractivity contribution in [3.8, 4) is 0 Å². The zero-order valence-electron chi connectivity index (χ0n) is 6.81. The van der Waals surface area contributed by atoms with Crippen molar-refractivity contribution in [1.29, 1.82) is 0 Å². The molecule has 3 heteroatoms. The molecule has 0 aromatic carbocycles. The van der Waals surface area contributed by atoms with Crippen LogP contribution in [0, 0.1) is 0 Å². The Morgan fingerprint density at radius 1 is 1.27 bits per heavy atom. The number of piperidine rings is 1. The van der Waals surface area contributed by atoms with Gasteiger partial charge in [0.1, 0.15) is 0 Å². The first-order valence-corrected chi connectivity index (χ1v) is 4.49. The molecule has 0 bridgehead atoms. The molecule has 1 atom stereocenters. The van der Waals surface area contributed by atoms with Crippen LogP contribution in [0.25, 0.3) is 0 Å². The minimum Gasteiger partial charge on any atom is -0.378 e. The summed E-state index contributed by atoms with van der Waals surface area (Å²) in [6.07, 6.45) is 2.63. The van der Waals surface area contributed by atoms with Gasteiger partial charge in [-0.25, -0.2) is 0 Å². The Labute approximate surface area is 67.5 Å². The summed E-state index contributed by atoms with van der Waals surface area (Å²) in [6.45, 7) is 4.16. The van der Waals surface area contributed by atoms with Crippen molar-refractivity contribution in [3.05, 3.63) is 0 Å². The zero-order chi connectivity index (χ0) is 7.52. The third-order valence-electron chi connectivity index (χ3n) is 2.41. The summed E-state index contributed by atoms with van der Waals surface area (Å²) in [5.41, 5.74) is 0. The molecule has 0 spiro atoms. The van der Waals surface area contributed by atoms with Gasteiger partial charge in [-0.15, -0.1) is 0 Å². The van der Waals surface area contributed by atoms with E-state index in [-0.39, 0.29) is 0 Å². The maximum atomic E-state index is 5.09. The maximum Gasteiger partial charge on any atom is 0.0643 e. The highest BCUT2D eigenvalue weighted by Gasteiger charge is 2.22. The smallest absolute Gasteiger partial charge is 0.0643 e. The van der Waals surface area contributed by atoms with Crippen molar-refractivity contribution in [2.75, 3.05) is 26.3 Å². The third-order valence-corrected chi connectivity index (χ3v) is 2.41. The molecule has 2 fully saturated rings. The van der Waals surface area contributed by atoms with E-state index >= 15 is 0 Å². The van der Waals surface area contributed by atoms with E-state index in [4.69, 9.17) is 4.74 Å². The van der Waals surface area contributed by atoms with Crippen LogP contribution in [0.4, 0.5) is 0 Å². The Kier molecular flexibility index (Phi) is 2.41. The predicted molar refractivity (Wildman–Crippen MR) is 43.6 cm³/mol. The normalized spacial score (nSPS) is 33.3.